The molecule has 0 aliphatic carbocycles. The first kappa shape index (κ1) is 29.4. The summed E-state index contributed by atoms with van der Waals surface area (Å²) in [5.74, 6) is -1.63. The Morgan fingerprint density at radius 3 is 1.87 bits per heavy atom. The normalized spacial score (nSPS) is 15.2. The number of hydrogen-bond donors (Lipinski definition) is 1. The molecule has 0 spiro atoms. The van der Waals surface area contributed by atoms with E-state index < -0.39 is 21.5 Å². The summed E-state index contributed by atoms with van der Waals surface area (Å²) in [4.78, 5) is 2.12. The second-order valence-corrected chi connectivity index (χ2v) is 12.9. The van der Waals surface area contributed by atoms with E-state index in [4.69, 9.17) is 17.3 Å². The zero-order valence-corrected chi connectivity index (χ0v) is 24.1. The molecule has 1 atom stereocenters. The summed E-state index contributed by atoms with van der Waals surface area (Å²) in [6, 6.07) is 18.6. The average Bonchev–Trinajstić information content (AvgIpc) is 2.83. The highest BCUT2D eigenvalue weighted by Gasteiger charge is 2.35. The van der Waals surface area contributed by atoms with Crippen LogP contribution in [0, 0.1) is 11.6 Å². The summed E-state index contributed by atoms with van der Waals surface area (Å²) in [5.41, 5.74) is 10.2. The molecular formula is C31H35ClF2N2O2S. The number of nitrogens with two attached hydrogens (primary N) is 1. The first-order valence-electron chi connectivity index (χ1n) is 13.2. The third kappa shape index (κ3) is 6.60. The molecule has 0 amide bonds. The van der Waals surface area contributed by atoms with Gasteiger partial charge >= 0.3 is 0 Å². The van der Waals surface area contributed by atoms with Crippen LogP contribution >= 0.6 is 11.6 Å². The summed E-state index contributed by atoms with van der Waals surface area (Å²) >= 11 is 6.17. The molecule has 208 valence electrons. The van der Waals surface area contributed by atoms with Gasteiger partial charge in [0.25, 0.3) is 0 Å². The SMILES string of the molecule is CCCC(N)(CCC)c1ccc([C@@H](c2ccc(Cl)cc2)N2CC(=C(c3cc(F)cc(F)c3)S(C)(=O)=O)C2)cc1. The van der Waals surface area contributed by atoms with Gasteiger partial charge in [-0.15, -0.1) is 0 Å². The van der Waals surface area contributed by atoms with Gasteiger partial charge in [-0.3, -0.25) is 4.90 Å². The Bertz CT molecular complexity index is 1420. The lowest BCUT2D eigenvalue weighted by molar-refractivity contribution is 0.203. The first-order chi connectivity index (χ1) is 18.4. The van der Waals surface area contributed by atoms with Gasteiger partial charge in [-0.25, -0.2) is 17.2 Å². The fourth-order valence-electron chi connectivity index (χ4n) is 5.70. The summed E-state index contributed by atoms with van der Waals surface area (Å²) in [6.07, 6.45) is 4.85. The van der Waals surface area contributed by atoms with Gasteiger partial charge in [-0.2, -0.15) is 0 Å². The van der Waals surface area contributed by atoms with Crippen molar-refractivity contribution < 1.29 is 17.2 Å². The zero-order chi connectivity index (χ0) is 28.4. The number of sulfone groups is 1. The van der Waals surface area contributed by atoms with E-state index in [1.165, 1.54) is 0 Å². The number of benzene rings is 3. The maximum absolute atomic E-state index is 14.0. The van der Waals surface area contributed by atoms with Gasteiger partial charge in [0.1, 0.15) is 11.6 Å². The van der Waals surface area contributed by atoms with Crippen molar-refractivity contribution in [1.29, 1.82) is 0 Å². The van der Waals surface area contributed by atoms with Crippen LogP contribution in [0.5, 0.6) is 0 Å². The highest BCUT2D eigenvalue weighted by Crippen LogP contribution is 2.39. The van der Waals surface area contributed by atoms with E-state index in [1.807, 2.05) is 24.3 Å². The Balaban J connectivity index is 1.72. The van der Waals surface area contributed by atoms with Crippen LogP contribution < -0.4 is 5.73 Å². The predicted molar refractivity (Wildman–Crippen MR) is 155 cm³/mol. The topological polar surface area (TPSA) is 63.4 Å². The average molecular weight is 573 g/mol. The van der Waals surface area contributed by atoms with E-state index in [1.54, 1.807) is 0 Å². The monoisotopic (exact) mass is 572 g/mol. The summed E-state index contributed by atoms with van der Waals surface area (Å²) < 4.78 is 53.4. The lowest BCUT2D eigenvalue weighted by atomic mass is 9.81. The Labute approximate surface area is 235 Å². The van der Waals surface area contributed by atoms with Crippen molar-refractivity contribution in [3.8, 4) is 0 Å². The fraction of sp³-hybridized carbons (Fsp3) is 0.355. The number of likely N-dealkylation sites (tertiary alicyclic amines) is 1. The molecule has 1 heterocycles. The first-order valence-corrected chi connectivity index (χ1v) is 15.5. The van der Waals surface area contributed by atoms with Crippen LogP contribution in [-0.2, 0) is 15.4 Å². The van der Waals surface area contributed by atoms with E-state index in [2.05, 4.69) is 43.0 Å². The lowest BCUT2D eigenvalue weighted by Crippen LogP contribution is -2.44. The fourth-order valence-corrected chi connectivity index (χ4v) is 7.02. The highest BCUT2D eigenvalue weighted by atomic mass is 35.5. The van der Waals surface area contributed by atoms with Gasteiger partial charge in [0, 0.05) is 36.0 Å². The number of rotatable bonds is 10. The van der Waals surface area contributed by atoms with Gasteiger partial charge < -0.3 is 5.73 Å². The van der Waals surface area contributed by atoms with Gasteiger partial charge in [0.15, 0.2) is 9.84 Å². The van der Waals surface area contributed by atoms with Gasteiger partial charge in [0.05, 0.1) is 10.9 Å². The molecule has 4 rings (SSSR count). The quantitative estimate of drug-likeness (QED) is 0.278. The third-order valence-corrected chi connectivity index (χ3v) is 8.87. The van der Waals surface area contributed by atoms with Crippen molar-refractivity contribution >= 4 is 26.3 Å². The number of halogens is 3. The molecule has 1 aliphatic heterocycles. The minimum atomic E-state index is -3.74. The molecule has 1 fully saturated rings. The van der Waals surface area contributed by atoms with E-state index >= 15 is 0 Å². The van der Waals surface area contributed by atoms with E-state index in [-0.39, 0.29) is 22.0 Å². The number of nitrogens with zero attached hydrogens (tertiary/aromatic N) is 1. The molecule has 3 aromatic rings. The van der Waals surface area contributed by atoms with Gasteiger partial charge in [0.2, 0.25) is 0 Å². The van der Waals surface area contributed by atoms with Gasteiger partial charge in [-0.05, 0) is 64.9 Å². The number of hydrogen-bond acceptors (Lipinski definition) is 4. The highest BCUT2D eigenvalue weighted by molar-refractivity contribution is 8.00. The maximum atomic E-state index is 14.0. The Morgan fingerprint density at radius 1 is 0.923 bits per heavy atom. The molecule has 0 radical (unpaired) electrons. The maximum Gasteiger partial charge on any atom is 0.176 e. The molecule has 39 heavy (non-hydrogen) atoms. The van der Waals surface area contributed by atoms with Crippen LogP contribution in [-0.4, -0.2) is 32.7 Å². The van der Waals surface area contributed by atoms with Crippen molar-refractivity contribution in [2.45, 2.75) is 51.1 Å². The molecule has 1 aliphatic rings. The van der Waals surface area contributed by atoms with Crippen LogP contribution in [0.25, 0.3) is 4.91 Å². The van der Waals surface area contributed by atoms with E-state index in [9.17, 15) is 17.2 Å². The minimum absolute atomic E-state index is 0.0191. The van der Waals surface area contributed by atoms with Crippen molar-refractivity contribution in [3.63, 3.8) is 0 Å². The second kappa shape index (κ2) is 11.9. The third-order valence-electron chi connectivity index (χ3n) is 7.35. The molecule has 0 aromatic heterocycles. The molecule has 8 heteroatoms. The van der Waals surface area contributed by atoms with Crippen molar-refractivity contribution in [2.75, 3.05) is 19.3 Å². The van der Waals surface area contributed by atoms with E-state index in [0.717, 1.165) is 66.8 Å². The molecular weight excluding hydrogens is 538 g/mol. The lowest BCUT2D eigenvalue weighted by Gasteiger charge is -2.42. The standard InChI is InChI=1S/C31H35ClF2N2O2S/c1-4-14-31(35,15-5-2)25-10-6-21(7-11-25)29(22-8-12-26(32)13-9-22)36-19-24(20-36)30(39(3,37)38)23-16-27(33)18-28(34)17-23/h6-13,16-18,29H,4-5,14-15,19-20,35H2,1-3H3/t29-/m0/s1. The summed E-state index contributed by atoms with van der Waals surface area (Å²) in [7, 11) is -3.74. The van der Waals surface area contributed by atoms with Gasteiger partial charge in [-0.1, -0.05) is 74.7 Å². The van der Waals surface area contributed by atoms with Crippen LogP contribution in [0.3, 0.4) is 0 Å². The van der Waals surface area contributed by atoms with Crippen LogP contribution in [0.1, 0.15) is 67.8 Å². The van der Waals surface area contributed by atoms with Crippen molar-refractivity contribution in [1.82, 2.24) is 4.90 Å². The molecule has 4 nitrogen and oxygen atoms in total. The Hall–Kier alpha value is -2.58. The summed E-state index contributed by atoms with van der Waals surface area (Å²) in [6.45, 7) is 4.95. The zero-order valence-electron chi connectivity index (χ0n) is 22.6. The summed E-state index contributed by atoms with van der Waals surface area (Å²) in [5, 5.41) is 0.622. The van der Waals surface area contributed by atoms with Crippen molar-refractivity contribution in [3.05, 3.63) is 111 Å². The molecule has 0 bridgehead atoms. The van der Waals surface area contributed by atoms with Crippen LogP contribution in [0.4, 0.5) is 8.78 Å². The second-order valence-electron chi connectivity index (χ2n) is 10.5. The Kier molecular flexibility index (Phi) is 8.96. The predicted octanol–water partition coefficient (Wildman–Crippen LogP) is 7.23. The smallest absolute Gasteiger partial charge is 0.176 e. The van der Waals surface area contributed by atoms with Crippen LogP contribution in [0.2, 0.25) is 5.02 Å². The molecule has 0 saturated carbocycles. The molecule has 2 N–H and O–H groups in total. The minimum Gasteiger partial charge on any atom is -0.321 e. The molecule has 3 aromatic carbocycles. The van der Waals surface area contributed by atoms with Crippen molar-refractivity contribution in [2.24, 2.45) is 5.73 Å². The van der Waals surface area contributed by atoms with E-state index in [0.29, 0.717) is 23.7 Å². The molecule has 0 unspecified atom stereocenters. The largest absolute Gasteiger partial charge is 0.321 e. The Morgan fingerprint density at radius 2 is 1.41 bits per heavy atom. The molecule has 1 saturated heterocycles. The van der Waals surface area contributed by atoms with Crippen LogP contribution in [0.15, 0.2) is 72.3 Å².